The average Bonchev–Trinajstić information content (AvgIpc) is 2.69. The fourth-order valence-corrected chi connectivity index (χ4v) is 4.79. The van der Waals surface area contributed by atoms with Gasteiger partial charge in [-0.2, -0.15) is 0 Å². The number of rotatable bonds is 11. The highest BCUT2D eigenvalue weighted by Crippen LogP contribution is 2.51. The zero-order valence-electron chi connectivity index (χ0n) is 17.0. The molecule has 0 heterocycles. The lowest BCUT2D eigenvalue weighted by Gasteiger charge is -2.17. The highest BCUT2D eigenvalue weighted by atomic mass is 79.9. The number of hydrogen-bond acceptors (Lipinski definition) is 5. The van der Waals surface area contributed by atoms with Crippen LogP contribution in [0.15, 0.2) is 53.0 Å². The molecule has 0 fully saturated rings. The average molecular weight is 497 g/mol. The number of hydrogen-bond donors (Lipinski definition) is 2. The normalized spacial score (nSPS) is 12.4. The molecule has 2 rings (SSSR count). The van der Waals surface area contributed by atoms with Gasteiger partial charge in [0.15, 0.2) is 0 Å². The van der Waals surface area contributed by atoms with Gasteiger partial charge in [0, 0.05) is 16.5 Å². The van der Waals surface area contributed by atoms with Crippen molar-refractivity contribution in [2.24, 2.45) is 5.73 Å². The Hall–Kier alpha value is -1.99. The van der Waals surface area contributed by atoms with Crippen molar-refractivity contribution in [3.63, 3.8) is 0 Å². The maximum absolute atomic E-state index is 12.6. The number of benzene rings is 2. The minimum Gasteiger partial charge on any atom is -0.368 e. The Morgan fingerprint density at radius 1 is 1.00 bits per heavy atom. The zero-order valence-corrected chi connectivity index (χ0v) is 19.4. The molecule has 2 aromatic carbocycles. The molecular formula is C21H26BrN2O5P. The molecule has 0 aromatic heterocycles. The van der Waals surface area contributed by atoms with Gasteiger partial charge >= 0.3 is 7.60 Å². The van der Waals surface area contributed by atoms with Gasteiger partial charge < -0.3 is 20.1 Å². The lowest BCUT2D eigenvalue weighted by molar-refractivity contribution is -0.119. The maximum Gasteiger partial charge on any atom is 0.335 e. The van der Waals surface area contributed by atoms with Crippen LogP contribution in [0.2, 0.25) is 0 Å². The fraction of sp³-hybridized carbons (Fsp3) is 0.333. The second-order valence-corrected chi connectivity index (χ2v) is 9.53. The van der Waals surface area contributed by atoms with Gasteiger partial charge in [0.2, 0.25) is 5.91 Å². The number of amides is 2. The van der Waals surface area contributed by atoms with Crippen LogP contribution in [-0.4, -0.2) is 31.1 Å². The summed E-state index contributed by atoms with van der Waals surface area (Å²) in [5.41, 5.74) is 7.43. The number of carbonyl (C=O) groups is 2. The quantitative estimate of drug-likeness (QED) is 0.456. The predicted octanol–water partition coefficient (Wildman–Crippen LogP) is 4.04. The Morgan fingerprint density at radius 3 is 2.03 bits per heavy atom. The van der Waals surface area contributed by atoms with Crippen LogP contribution in [0.5, 0.6) is 0 Å². The van der Waals surface area contributed by atoms with Gasteiger partial charge in [-0.15, -0.1) is 0 Å². The first-order valence-corrected chi connectivity index (χ1v) is 12.1. The first-order chi connectivity index (χ1) is 14.3. The molecule has 0 unspecified atom stereocenters. The largest absolute Gasteiger partial charge is 0.368 e. The van der Waals surface area contributed by atoms with E-state index in [-0.39, 0.29) is 19.4 Å². The van der Waals surface area contributed by atoms with Crippen molar-refractivity contribution in [3.05, 3.63) is 69.7 Å². The van der Waals surface area contributed by atoms with Crippen molar-refractivity contribution in [1.82, 2.24) is 5.32 Å². The third-order valence-electron chi connectivity index (χ3n) is 4.25. The number of carbonyl (C=O) groups excluding carboxylic acids is 2. The van der Waals surface area contributed by atoms with Gasteiger partial charge in [0.05, 0.1) is 19.4 Å². The first-order valence-electron chi connectivity index (χ1n) is 9.58. The summed E-state index contributed by atoms with van der Waals surface area (Å²) in [4.78, 5) is 24.4. The van der Waals surface area contributed by atoms with Crippen molar-refractivity contribution in [3.8, 4) is 0 Å². The third-order valence-corrected chi connectivity index (χ3v) is 6.83. The highest BCUT2D eigenvalue weighted by Gasteiger charge is 2.24. The Labute approximate surface area is 185 Å². The molecule has 162 valence electrons. The van der Waals surface area contributed by atoms with E-state index in [1.165, 1.54) is 0 Å². The van der Waals surface area contributed by atoms with Crippen LogP contribution >= 0.6 is 23.5 Å². The van der Waals surface area contributed by atoms with E-state index in [9.17, 15) is 14.2 Å². The van der Waals surface area contributed by atoms with Crippen LogP contribution < -0.4 is 11.1 Å². The summed E-state index contributed by atoms with van der Waals surface area (Å²) in [6, 6.07) is 13.2. The Balaban J connectivity index is 2.05. The second-order valence-electron chi connectivity index (χ2n) is 6.56. The van der Waals surface area contributed by atoms with Crippen LogP contribution in [0, 0.1) is 0 Å². The molecule has 0 aliphatic heterocycles. The topological polar surface area (TPSA) is 108 Å². The van der Waals surface area contributed by atoms with E-state index < -0.39 is 25.5 Å². The molecule has 0 aliphatic carbocycles. The van der Waals surface area contributed by atoms with E-state index in [1.807, 2.05) is 24.3 Å². The van der Waals surface area contributed by atoms with Gasteiger partial charge in [-0.3, -0.25) is 14.2 Å². The van der Waals surface area contributed by atoms with E-state index in [0.717, 1.165) is 15.6 Å². The van der Waals surface area contributed by atoms with Crippen molar-refractivity contribution >= 4 is 35.3 Å². The number of halogens is 1. The summed E-state index contributed by atoms with van der Waals surface area (Å²) in [5, 5.41) is 2.67. The highest BCUT2D eigenvalue weighted by molar-refractivity contribution is 9.10. The second kappa shape index (κ2) is 11.4. The molecule has 2 amide bonds. The minimum absolute atomic E-state index is 0.115. The monoisotopic (exact) mass is 496 g/mol. The van der Waals surface area contributed by atoms with Crippen LogP contribution in [-0.2, 0) is 31.0 Å². The van der Waals surface area contributed by atoms with Crippen LogP contribution in [0.3, 0.4) is 0 Å². The van der Waals surface area contributed by atoms with E-state index in [4.69, 9.17) is 14.8 Å². The summed E-state index contributed by atoms with van der Waals surface area (Å²) in [6.07, 6.45) is 0.405. The van der Waals surface area contributed by atoms with E-state index in [0.29, 0.717) is 12.0 Å². The number of nitrogens with one attached hydrogen (secondary N) is 1. The molecule has 0 aliphatic rings. The molecule has 0 saturated heterocycles. The fourth-order valence-electron chi connectivity index (χ4n) is 2.83. The molecule has 0 saturated carbocycles. The standard InChI is InChI=1S/C21H26BrN2O5P/c1-3-28-30(27,29-4-2)14-16-5-9-17(10-6-16)21(26)24-19(20(23)25)13-15-7-11-18(22)12-8-15/h5-12,19H,3-4,13-14H2,1-2H3,(H2,23,25)(H,24,26)/t19-/m1/s1. The Morgan fingerprint density at radius 2 is 1.53 bits per heavy atom. The SMILES string of the molecule is CCOP(=O)(Cc1ccc(C(=O)N[C@H](Cc2ccc(Br)cc2)C(N)=O)cc1)OCC. The molecule has 1 atom stereocenters. The molecule has 0 spiro atoms. The number of nitrogens with two attached hydrogens (primary N) is 1. The van der Waals surface area contributed by atoms with Crippen LogP contribution in [0.4, 0.5) is 0 Å². The van der Waals surface area contributed by atoms with Crippen molar-refractivity contribution in [2.75, 3.05) is 13.2 Å². The van der Waals surface area contributed by atoms with Gasteiger partial charge in [0.1, 0.15) is 6.04 Å². The van der Waals surface area contributed by atoms with Crippen molar-refractivity contribution in [1.29, 1.82) is 0 Å². The molecule has 0 radical (unpaired) electrons. The van der Waals surface area contributed by atoms with Crippen molar-refractivity contribution in [2.45, 2.75) is 32.5 Å². The van der Waals surface area contributed by atoms with E-state index in [1.54, 1.807) is 38.1 Å². The molecule has 7 nitrogen and oxygen atoms in total. The summed E-state index contributed by atoms with van der Waals surface area (Å²) in [7, 11) is -3.22. The maximum atomic E-state index is 12.6. The van der Waals surface area contributed by atoms with Gasteiger partial charge in [-0.25, -0.2) is 0 Å². The minimum atomic E-state index is -3.22. The lowest BCUT2D eigenvalue weighted by atomic mass is 10.0. The Bertz CT molecular complexity index is 893. The van der Waals surface area contributed by atoms with E-state index in [2.05, 4.69) is 21.2 Å². The third kappa shape index (κ3) is 7.36. The van der Waals surface area contributed by atoms with Gasteiger partial charge in [-0.05, 0) is 49.2 Å². The van der Waals surface area contributed by atoms with Gasteiger partial charge in [-0.1, -0.05) is 40.2 Å². The van der Waals surface area contributed by atoms with E-state index >= 15 is 0 Å². The van der Waals surface area contributed by atoms with Gasteiger partial charge in [0.25, 0.3) is 5.91 Å². The molecular weight excluding hydrogens is 471 g/mol. The Kier molecular flexibility index (Phi) is 9.24. The molecule has 30 heavy (non-hydrogen) atoms. The van der Waals surface area contributed by atoms with Crippen LogP contribution in [0.1, 0.15) is 35.3 Å². The summed E-state index contributed by atoms with van der Waals surface area (Å²) in [5.74, 6) is -1.03. The molecule has 3 N–H and O–H groups in total. The zero-order chi connectivity index (χ0) is 22.1. The number of primary amides is 1. The predicted molar refractivity (Wildman–Crippen MR) is 119 cm³/mol. The summed E-state index contributed by atoms with van der Waals surface area (Å²) >= 11 is 3.36. The first kappa shape index (κ1) is 24.3. The lowest BCUT2D eigenvalue weighted by Crippen LogP contribution is -2.45. The van der Waals surface area contributed by atoms with Crippen molar-refractivity contribution < 1.29 is 23.2 Å². The van der Waals surface area contributed by atoms with Crippen LogP contribution in [0.25, 0.3) is 0 Å². The molecule has 2 aromatic rings. The summed E-state index contributed by atoms with van der Waals surface area (Å²) < 4.78 is 24.1. The summed E-state index contributed by atoms with van der Waals surface area (Å²) in [6.45, 7) is 4.07. The smallest absolute Gasteiger partial charge is 0.335 e. The molecule has 0 bridgehead atoms. The molecule has 9 heteroatoms.